The Morgan fingerprint density at radius 1 is 0.352 bits per heavy atom. The zero-order valence-electron chi connectivity index (χ0n) is 28.5. The Labute approximate surface area is 304 Å². The molecule has 4 aromatic carbocycles. The topological polar surface area (TPSA) is 79.6 Å². The average molecular weight is 695 g/mol. The van der Waals surface area contributed by atoms with Crippen LogP contribution in [0.25, 0.3) is 100 Å². The van der Waals surface area contributed by atoms with E-state index >= 15 is 0 Å². The highest BCUT2D eigenvalue weighted by atomic mass is 15.2. The zero-order chi connectivity index (χ0) is 35.1. The second-order valence-corrected chi connectivity index (χ2v) is 13.8. The highest BCUT2D eigenvalue weighted by Crippen LogP contribution is 2.36. The summed E-state index contributed by atoms with van der Waals surface area (Å²) in [7, 11) is 0. The van der Waals surface area contributed by atoms with Gasteiger partial charge in [0.2, 0.25) is 5.78 Å². The lowest BCUT2D eigenvalue weighted by atomic mass is 10.2. The SMILES string of the molecule is c1cc(-n2c3ccc(-n4c5cccnc5n5c6ncccc6cc45)cc3n3c4cccnc4cc23)cc(-n2c3ccccc3n3c4ccccc4nc23)c1. The largest absolute Gasteiger partial charge is 0.294 e. The maximum absolute atomic E-state index is 5.14. The molecule has 13 rings (SSSR count). The number of pyridine rings is 3. The van der Waals surface area contributed by atoms with E-state index in [4.69, 9.17) is 19.9 Å². The Balaban J connectivity index is 1.09. The molecule has 0 spiro atoms. The van der Waals surface area contributed by atoms with Crippen LogP contribution in [0, 0.1) is 0 Å². The molecule has 0 aliphatic rings. The van der Waals surface area contributed by atoms with Crippen LogP contribution in [0.2, 0.25) is 0 Å². The second kappa shape index (κ2) is 9.99. The van der Waals surface area contributed by atoms with Crippen molar-refractivity contribution in [2.45, 2.75) is 0 Å². The van der Waals surface area contributed by atoms with Crippen LogP contribution < -0.4 is 0 Å². The van der Waals surface area contributed by atoms with Crippen molar-refractivity contribution in [2.75, 3.05) is 0 Å². The van der Waals surface area contributed by atoms with Crippen LogP contribution in [-0.4, -0.2) is 46.8 Å². The Kier molecular flexibility index (Phi) is 5.17. The molecule has 0 saturated heterocycles. The molecule has 0 amide bonds. The van der Waals surface area contributed by atoms with Crippen LogP contribution >= 0.6 is 0 Å². The molecule has 10 heteroatoms. The molecule has 0 bridgehead atoms. The summed E-state index contributed by atoms with van der Waals surface area (Å²) >= 11 is 0. The third kappa shape index (κ3) is 3.48. The summed E-state index contributed by atoms with van der Waals surface area (Å²) in [6.45, 7) is 0. The molecule has 0 unspecified atom stereocenters. The minimum absolute atomic E-state index is 0.869. The maximum Gasteiger partial charge on any atom is 0.220 e. The molecule has 10 nitrogen and oxygen atoms in total. The number of benzene rings is 4. The van der Waals surface area contributed by atoms with Crippen molar-refractivity contribution in [2.24, 2.45) is 0 Å². The van der Waals surface area contributed by atoms with Crippen molar-refractivity contribution in [3.63, 3.8) is 0 Å². The Bertz CT molecular complexity index is 3700. The zero-order valence-corrected chi connectivity index (χ0v) is 28.5. The summed E-state index contributed by atoms with van der Waals surface area (Å²) in [5.74, 6) is 0.882. The summed E-state index contributed by atoms with van der Waals surface area (Å²) in [4.78, 5) is 19.5. The van der Waals surface area contributed by atoms with Crippen LogP contribution in [0.15, 0.2) is 158 Å². The lowest BCUT2D eigenvalue weighted by Crippen LogP contribution is -1.99. The van der Waals surface area contributed by atoms with E-state index in [1.54, 1.807) is 0 Å². The molecule has 0 atom stereocenters. The first-order chi connectivity index (χ1) is 26.8. The maximum atomic E-state index is 5.14. The summed E-state index contributed by atoms with van der Waals surface area (Å²) in [6, 6.07) is 49.1. The number of nitrogens with zero attached hydrogens (tertiary/aromatic N) is 10. The summed E-state index contributed by atoms with van der Waals surface area (Å²) in [6.07, 6.45) is 5.54. The van der Waals surface area contributed by atoms with Gasteiger partial charge in [-0.15, -0.1) is 0 Å². The molecule has 0 aliphatic carbocycles. The normalized spacial score (nSPS) is 12.4. The van der Waals surface area contributed by atoms with Gasteiger partial charge in [-0.2, -0.15) is 0 Å². The van der Waals surface area contributed by atoms with Crippen molar-refractivity contribution >= 4 is 83.4 Å². The number of rotatable bonds is 3. The quantitative estimate of drug-likeness (QED) is 0.185. The fourth-order valence-electron chi connectivity index (χ4n) is 8.75. The number of hydrogen-bond acceptors (Lipinski definition) is 4. The Morgan fingerprint density at radius 2 is 1.00 bits per heavy atom. The Morgan fingerprint density at radius 3 is 1.91 bits per heavy atom. The number of imidazole rings is 4. The van der Waals surface area contributed by atoms with E-state index in [0.29, 0.717) is 0 Å². The molecular formula is C44H26N10. The second-order valence-electron chi connectivity index (χ2n) is 13.8. The van der Waals surface area contributed by atoms with Gasteiger partial charge in [-0.05, 0) is 103 Å². The summed E-state index contributed by atoms with van der Waals surface area (Å²) in [5.41, 5.74) is 16.3. The average Bonchev–Trinajstić information content (AvgIpc) is 4.05. The van der Waals surface area contributed by atoms with E-state index in [9.17, 15) is 0 Å². The molecule has 252 valence electrons. The first-order valence-electron chi connectivity index (χ1n) is 17.9. The number of hydrogen-bond donors (Lipinski definition) is 0. The standard InChI is InChI=1S/C44H26N10/c1-2-13-33-31(12-1)48-44-51(35-14-3-4-15-36(35)53(33)44)29-11-5-10-28(24-29)49-37-19-18-30(25-39(37)52-34-16-7-20-45-32(34)26-41(49)52)50-38-17-8-22-47-43(38)54-40(50)23-27-9-6-21-46-42(27)54/h1-26H. The van der Waals surface area contributed by atoms with Gasteiger partial charge in [0.1, 0.15) is 16.9 Å². The molecule has 54 heavy (non-hydrogen) atoms. The molecule has 13 aromatic rings. The van der Waals surface area contributed by atoms with Crippen molar-refractivity contribution in [1.29, 1.82) is 0 Å². The summed E-state index contributed by atoms with van der Waals surface area (Å²) in [5, 5.41) is 1.07. The summed E-state index contributed by atoms with van der Waals surface area (Å²) < 4.78 is 13.6. The van der Waals surface area contributed by atoms with Gasteiger partial charge in [0.25, 0.3) is 0 Å². The van der Waals surface area contributed by atoms with Gasteiger partial charge in [-0.1, -0.05) is 30.3 Å². The number of para-hydroxylation sites is 4. The van der Waals surface area contributed by atoms with Gasteiger partial charge >= 0.3 is 0 Å². The van der Waals surface area contributed by atoms with Crippen LogP contribution in [-0.2, 0) is 0 Å². The van der Waals surface area contributed by atoms with Crippen molar-refractivity contribution in [1.82, 2.24) is 46.8 Å². The third-order valence-corrected chi connectivity index (χ3v) is 10.9. The highest BCUT2D eigenvalue weighted by molar-refractivity contribution is 5.98. The van der Waals surface area contributed by atoms with Crippen molar-refractivity contribution in [3.05, 3.63) is 158 Å². The molecule has 9 heterocycles. The minimum atomic E-state index is 0.869. The van der Waals surface area contributed by atoms with Gasteiger partial charge in [0.05, 0.1) is 55.3 Å². The van der Waals surface area contributed by atoms with E-state index in [0.717, 1.165) is 100 Å². The number of fused-ring (bicyclic) bond motifs is 15. The molecule has 9 aromatic heterocycles. The van der Waals surface area contributed by atoms with Crippen LogP contribution in [0.1, 0.15) is 0 Å². The molecule has 0 saturated carbocycles. The Hall–Kier alpha value is -7.72. The van der Waals surface area contributed by atoms with E-state index in [2.05, 4.69) is 142 Å². The van der Waals surface area contributed by atoms with Gasteiger partial charge in [-0.25, -0.2) is 15.0 Å². The molecular weight excluding hydrogens is 669 g/mol. The first kappa shape index (κ1) is 27.9. The van der Waals surface area contributed by atoms with E-state index in [1.165, 1.54) is 0 Å². The van der Waals surface area contributed by atoms with Gasteiger partial charge in [0, 0.05) is 41.4 Å². The van der Waals surface area contributed by atoms with E-state index in [1.807, 2.05) is 42.9 Å². The van der Waals surface area contributed by atoms with E-state index < -0.39 is 0 Å². The van der Waals surface area contributed by atoms with E-state index in [-0.39, 0.29) is 0 Å². The monoisotopic (exact) mass is 694 g/mol. The van der Waals surface area contributed by atoms with Crippen molar-refractivity contribution in [3.8, 4) is 17.1 Å². The van der Waals surface area contributed by atoms with Crippen molar-refractivity contribution < 1.29 is 0 Å². The predicted molar refractivity (Wildman–Crippen MR) is 214 cm³/mol. The van der Waals surface area contributed by atoms with Crippen LogP contribution in [0.3, 0.4) is 0 Å². The van der Waals surface area contributed by atoms with Gasteiger partial charge in [0.15, 0.2) is 5.65 Å². The predicted octanol–water partition coefficient (Wildman–Crippen LogP) is 9.32. The van der Waals surface area contributed by atoms with Gasteiger partial charge in [-0.3, -0.25) is 31.9 Å². The minimum Gasteiger partial charge on any atom is -0.294 e. The van der Waals surface area contributed by atoms with Crippen LogP contribution in [0.5, 0.6) is 0 Å². The lowest BCUT2D eigenvalue weighted by molar-refractivity contribution is 1.09. The molecule has 0 fully saturated rings. The highest BCUT2D eigenvalue weighted by Gasteiger charge is 2.22. The molecule has 0 aliphatic heterocycles. The fourth-order valence-corrected chi connectivity index (χ4v) is 8.75. The number of aromatic nitrogens is 10. The smallest absolute Gasteiger partial charge is 0.220 e. The fraction of sp³-hybridized carbons (Fsp3) is 0. The third-order valence-electron chi connectivity index (χ3n) is 10.9. The lowest BCUT2D eigenvalue weighted by Gasteiger charge is -2.11. The van der Waals surface area contributed by atoms with Gasteiger partial charge < -0.3 is 0 Å². The van der Waals surface area contributed by atoms with Crippen LogP contribution in [0.4, 0.5) is 0 Å². The first-order valence-corrected chi connectivity index (χ1v) is 17.9. The molecule has 0 radical (unpaired) electrons. The molecule has 0 N–H and O–H groups in total.